The van der Waals surface area contributed by atoms with Gasteiger partial charge < -0.3 is 0 Å². The van der Waals surface area contributed by atoms with Crippen LogP contribution in [-0.4, -0.2) is 5.71 Å². The Kier molecular flexibility index (Phi) is 4.85. The van der Waals surface area contributed by atoms with Gasteiger partial charge in [-0.2, -0.15) is 5.10 Å². The zero-order valence-electron chi connectivity index (χ0n) is 13.3. The van der Waals surface area contributed by atoms with Gasteiger partial charge in [-0.3, -0.25) is 5.01 Å². The molecule has 2 nitrogen and oxygen atoms in total. The largest absolute Gasteiger partial charge is 0.261 e. The van der Waals surface area contributed by atoms with Gasteiger partial charge in [0.15, 0.2) is 0 Å². The SMILES string of the molecule is C/C(=N\N(Cc1ccccc1)c1ccccc1)c1ccccc1. The van der Waals surface area contributed by atoms with Crippen LogP contribution in [0.4, 0.5) is 5.69 Å². The first-order valence-corrected chi connectivity index (χ1v) is 7.80. The fourth-order valence-corrected chi connectivity index (χ4v) is 2.46. The Morgan fingerprint density at radius 1 is 0.739 bits per heavy atom. The van der Waals surface area contributed by atoms with Crippen molar-refractivity contribution in [3.05, 3.63) is 102 Å². The molecule has 0 radical (unpaired) electrons. The standard InChI is InChI=1S/C21H20N2/c1-18(20-13-7-3-8-14-20)22-23(21-15-9-4-10-16-21)17-19-11-5-2-6-12-19/h2-16H,17H2,1H3/b22-18+. The third-order valence-electron chi connectivity index (χ3n) is 3.69. The van der Waals surface area contributed by atoms with Crippen LogP contribution in [0.15, 0.2) is 96.1 Å². The van der Waals surface area contributed by atoms with Crippen molar-refractivity contribution in [2.75, 3.05) is 5.01 Å². The highest BCUT2D eigenvalue weighted by atomic mass is 15.5. The quantitative estimate of drug-likeness (QED) is 0.472. The van der Waals surface area contributed by atoms with Crippen LogP contribution in [-0.2, 0) is 6.54 Å². The van der Waals surface area contributed by atoms with E-state index in [0.717, 1.165) is 23.5 Å². The molecule has 0 aliphatic heterocycles. The summed E-state index contributed by atoms with van der Waals surface area (Å²) in [5.74, 6) is 0. The van der Waals surface area contributed by atoms with E-state index in [9.17, 15) is 0 Å². The summed E-state index contributed by atoms with van der Waals surface area (Å²) in [7, 11) is 0. The Hall–Kier alpha value is -2.87. The highest BCUT2D eigenvalue weighted by molar-refractivity contribution is 5.99. The van der Waals surface area contributed by atoms with Gasteiger partial charge in [0, 0.05) is 0 Å². The van der Waals surface area contributed by atoms with E-state index in [4.69, 9.17) is 5.10 Å². The molecule has 0 spiro atoms. The molecule has 3 aromatic rings. The number of nitrogens with zero attached hydrogens (tertiary/aromatic N) is 2. The van der Waals surface area contributed by atoms with Crippen LogP contribution in [0.5, 0.6) is 0 Å². The lowest BCUT2D eigenvalue weighted by Gasteiger charge is -2.20. The number of rotatable bonds is 5. The minimum absolute atomic E-state index is 0.745. The molecule has 3 rings (SSSR count). The Bertz CT molecular complexity index is 750. The second-order valence-electron chi connectivity index (χ2n) is 5.43. The Morgan fingerprint density at radius 2 is 1.26 bits per heavy atom. The van der Waals surface area contributed by atoms with Gasteiger partial charge in [-0.1, -0.05) is 78.9 Å². The van der Waals surface area contributed by atoms with E-state index in [1.165, 1.54) is 5.56 Å². The number of para-hydroxylation sites is 1. The van der Waals surface area contributed by atoms with Crippen LogP contribution >= 0.6 is 0 Å². The number of hydrogen-bond donors (Lipinski definition) is 0. The Labute approximate surface area is 137 Å². The first-order valence-electron chi connectivity index (χ1n) is 7.80. The highest BCUT2D eigenvalue weighted by Crippen LogP contribution is 2.18. The van der Waals surface area contributed by atoms with E-state index in [1.54, 1.807) is 0 Å². The van der Waals surface area contributed by atoms with Crippen molar-refractivity contribution in [1.82, 2.24) is 0 Å². The van der Waals surface area contributed by atoms with Crippen molar-refractivity contribution in [2.45, 2.75) is 13.5 Å². The predicted molar refractivity (Wildman–Crippen MR) is 97.7 cm³/mol. The van der Waals surface area contributed by atoms with Gasteiger partial charge in [0.2, 0.25) is 0 Å². The van der Waals surface area contributed by atoms with E-state index >= 15 is 0 Å². The molecule has 0 atom stereocenters. The summed E-state index contributed by atoms with van der Waals surface area (Å²) in [6, 6.07) is 31.0. The lowest BCUT2D eigenvalue weighted by molar-refractivity contribution is 0.854. The van der Waals surface area contributed by atoms with E-state index in [1.807, 2.05) is 42.5 Å². The van der Waals surface area contributed by atoms with Crippen LogP contribution in [0.1, 0.15) is 18.1 Å². The summed E-state index contributed by atoms with van der Waals surface area (Å²) in [5.41, 5.74) is 4.47. The zero-order chi connectivity index (χ0) is 15.9. The Morgan fingerprint density at radius 3 is 1.87 bits per heavy atom. The minimum atomic E-state index is 0.745. The molecular formula is C21H20N2. The van der Waals surface area contributed by atoms with Crippen molar-refractivity contribution in [3.8, 4) is 0 Å². The summed E-state index contributed by atoms with van der Waals surface area (Å²) in [6.45, 7) is 2.80. The van der Waals surface area contributed by atoms with Crippen molar-refractivity contribution >= 4 is 11.4 Å². The molecule has 0 amide bonds. The fourth-order valence-electron chi connectivity index (χ4n) is 2.46. The first kappa shape index (κ1) is 15.0. The van der Waals surface area contributed by atoms with Crippen molar-refractivity contribution in [2.24, 2.45) is 5.10 Å². The van der Waals surface area contributed by atoms with Gasteiger partial charge >= 0.3 is 0 Å². The molecule has 114 valence electrons. The van der Waals surface area contributed by atoms with Crippen LogP contribution < -0.4 is 5.01 Å². The maximum Gasteiger partial charge on any atom is 0.0666 e. The van der Waals surface area contributed by atoms with Gasteiger partial charge in [-0.15, -0.1) is 0 Å². The monoisotopic (exact) mass is 300 g/mol. The summed E-state index contributed by atoms with van der Waals surface area (Å²) >= 11 is 0. The van der Waals surface area contributed by atoms with E-state index in [0.29, 0.717) is 0 Å². The summed E-state index contributed by atoms with van der Waals surface area (Å²) < 4.78 is 0. The number of anilines is 1. The average Bonchev–Trinajstić information content (AvgIpc) is 2.63. The second kappa shape index (κ2) is 7.41. The average molecular weight is 300 g/mol. The van der Waals surface area contributed by atoms with Gasteiger partial charge in [0.05, 0.1) is 17.9 Å². The van der Waals surface area contributed by atoms with E-state index < -0.39 is 0 Å². The van der Waals surface area contributed by atoms with Gasteiger partial charge in [-0.25, -0.2) is 0 Å². The molecule has 0 bridgehead atoms. The molecule has 0 aromatic heterocycles. The number of benzene rings is 3. The molecule has 0 fully saturated rings. The second-order valence-corrected chi connectivity index (χ2v) is 5.43. The molecular weight excluding hydrogens is 280 g/mol. The molecule has 3 aromatic carbocycles. The molecule has 0 saturated heterocycles. The van der Waals surface area contributed by atoms with Crippen molar-refractivity contribution < 1.29 is 0 Å². The molecule has 0 saturated carbocycles. The first-order chi connectivity index (χ1) is 11.3. The third-order valence-corrected chi connectivity index (χ3v) is 3.69. The molecule has 2 heteroatoms. The Balaban J connectivity index is 1.92. The van der Waals surface area contributed by atoms with Gasteiger partial charge in [0.1, 0.15) is 0 Å². The fraction of sp³-hybridized carbons (Fsp3) is 0.0952. The summed E-state index contributed by atoms with van der Waals surface area (Å²) in [5, 5.41) is 6.92. The lowest BCUT2D eigenvalue weighted by Crippen LogP contribution is -2.18. The van der Waals surface area contributed by atoms with Gasteiger partial charge in [0.25, 0.3) is 0 Å². The predicted octanol–water partition coefficient (Wildman–Crippen LogP) is 5.12. The van der Waals surface area contributed by atoms with Crippen LogP contribution in [0.3, 0.4) is 0 Å². The van der Waals surface area contributed by atoms with E-state index in [2.05, 4.69) is 60.5 Å². The summed E-state index contributed by atoms with van der Waals surface area (Å²) in [6.07, 6.45) is 0. The van der Waals surface area contributed by atoms with Crippen LogP contribution in [0.2, 0.25) is 0 Å². The summed E-state index contributed by atoms with van der Waals surface area (Å²) in [4.78, 5) is 0. The maximum absolute atomic E-state index is 4.86. The highest BCUT2D eigenvalue weighted by Gasteiger charge is 2.07. The zero-order valence-corrected chi connectivity index (χ0v) is 13.3. The molecule has 0 N–H and O–H groups in total. The van der Waals surface area contributed by atoms with Crippen molar-refractivity contribution in [3.63, 3.8) is 0 Å². The maximum atomic E-state index is 4.86. The third kappa shape index (κ3) is 4.07. The van der Waals surface area contributed by atoms with Crippen LogP contribution in [0.25, 0.3) is 0 Å². The lowest BCUT2D eigenvalue weighted by atomic mass is 10.1. The normalized spacial score (nSPS) is 11.3. The molecule has 0 heterocycles. The topological polar surface area (TPSA) is 15.6 Å². The minimum Gasteiger partial charge on any atom is -0.261 e. The number of hydrazone groups is 1. The van der Waals surface area contributed by atoms with Crippen LogP contribution in [0, 0.1) is 0 Å². The number of hydrogen-bond acceptors (Lipinski definition) is 2. The smallest absolute Gasteiger partial charge is 0.0666 e. The molecule has 0 unspecified atom stereocenters. The molecule has 0 aliphatic carbocycles. The van der Waals surface area contributed by atoms with Crippen molar-refractivity contribution in [1.29, 1.82) is 0 Å². The molecule has 23 heavy (non-hydrogen) atoms. The van der Waals surface area contributed by atoms with E-state index in [-0.39, 0.29) is 0 Å². The van der Waals surface area contributed by atoms with Gasteiger partial charge in [-0.05, 0) is 30.2 Å². The molecule has 0 aliphatic rings.